The summed E-state index contributed by atoms with van der Waals surface area (Å²) in [6.07, 6.45) is 2.83. The van der Waals surface area contributed by atoms with Crippen molar-refractivity contribution >= 4 is 17.3 Å². The minimum absolute atomic E-state index is 0.190. The molecule has 1 aromatic heterocycles. The number of aromatic nitrogens is 1. The van der Waals surface area contributed by atoms with Gasteiger partial charge in [0, 0.05) is 12.2 Å². The van der Waals surface area contributed by atoms with Crippen LogP contribution in [0.4, 0.5) is 11.4 Å². The molecule has 88 valence electrons. The molecule has 0 aliphatic heterocycles. The van der Waals surface area contributed by atoms with Crippen molar-refractivity contribution in [3.8, 4) is 0 Å². The maximum Gasteiger partial charge on any atom is 0.257 e. The molecule has 1 amide bonds. The van der Waals surface area contributed by atoms with E-state index in [1.165, 1.54) is 12.5 Å². The molecule has 0 aliphatic carbocycles. The molecule has 5 heteroatoms. The molecule has 0 saturated heterocycles. The topological polar surface area (TPSA) is 67.2 Å². The summed E-state index contributed by atoms with van der Waals surface area (Å²) in [7, 11) is 0. The molecule has 0 spiro atoms. The molecule has 5 nitrogen and oxygen atoms in total. The Balaban J connectivity index is 2.18. The van der Waals surface area contributed by atoms with Gasteiger partial charge in [0.15, 0.2) is 0 Å². The molecular formula is C12H13N3O2. The van der Waals surface area contributed by atoms with Gasteiger partial charge >= 0.3 is 0 Å². The smallest absolute Gasteiger partial charge is 0.257 e. The highest BCUT2D eigenvalue weighted by atomic mass is 16.5. The fourth-order valence-electron chi connectivity index (χ4n) is 1.49. The highest BCUT2D eigenvalue weighted by Crippen LogP contribution is 2.16. The largest absolute Gasteiger partial charge is 0.385 e. The molecule has 17 heavy (non-hydrogen) atoms. The predicted octanol–water partition coefficient (Wildman–Crippen LogP) is 2.36. The number of nitrogens with zero attached hydrogens (tertiary/aromatic N) is 1. The lowest BCUT2D eigenvalue weighted by atomic mass is 10.1. The van der Waals surface area contributed by atoms with E-state index in [-0.39, 0.29) is 5.91 Å². The van der Waals surface area contributed by atoms with E-state index in [1.54, 1.807) is 6.07 Å². The molecule has 2 N–H and O–H groups in total. The number of amides is 1. The fraction of sp³-hybridized carbons (Fsp3) is 0.167. The van der Waals surface area contributed by atoms with Crippen LogP contribution in [0.1, 0.15) is 17.3 Å². The number of benzene rings is 1. The normalized spacial score (nSPS) is 9.94. The van der Waals surface area contributed by atoms with Crippen molar-refractivity contribution in [1.82, 2.24) is 5.16 Å². The Kier molecular flexibility index (Phi) is 3.40. The van der Waals surface area contributed by atoms with Crippen LogP contribution in [0.15, 0.2) is 41.2 Å². The Morgan fingerprint density at radius 3 is 2.94 bits per heavy atom. The lowest BCUT2D eigenvalue weighted by Gasteiger charge is -2.09. The summed E-state index contributed by atoms with van der Waals surface area (Å²) < 4.78 is 4.65. The molecular weight excluding hydrogens is 218 g/mol. The van der Waals surface area contributed by atoms with Crippen molar-refractivity contribution in [1.29, 1.82) is 0 Å². The third-order valence-corrected chi connectivity index (χ3v) is 2.23. The van der Waals surface area contributed by atoms with Crippen LogP contribution < -0.4 is 10.6 Å². The summed E-state index contributed by atoms with van der Waals surface area (Å²) in [6.45, 7) is 2.74. The highest BCUT2D eigenvalue weighted by Gasteiger charge is 2.11. The van der Waals surface area contributed by atoms with Gasteiger partial charge in [-0.25, -0.2) is 0 Å². The van der Waals surface area contributed by atoms with Gasteiger partial charge in [0.1, 0.15) is 12.0 Å². The van der Waals surface area contributed by atoms with Gasteiger partial charge < -0.3 is 15.2 Å². The first-order valence-corrected chi connectivity index (χ1v) is 5.35. The molecule has 0 radical (unpaired) electrons. The van der Waals surface area contributed by atoms with E-state index in [1.807, 2.05) is 25.1 Å². The quantitative estimate of drug-likeness (QED) is 0.847. The third kappa shape index (κ3) is 2.63. The van der Waals surface area contributed by atoms with Gasteiger partial charge in [0.05, 0.1) is 11.8 Å². The van der Waals surface area contributed by atoms with Gasteiger partial charge in [0.25, 0.3) is 5.91 Å². The van der Waals surface area contributed by atoms with E-state index in [4.69, 9.17) is 0 Å². The highest BCUT2D eigenvalue weighted by molar-refractivity contribution is 6.07. The summed E-state index contributed by atoms with van der Waals surface area (Å²) in [6, 6.07) is 7.34. The lowest BCUT2D eigenvalue weighted by Crippen LogP contribution is -2.14. The van der Waals surface area contributed by atoms with E-state index < -0.39 is 0 Å². The summed E-state index contributed by atoms with van der Waals surface area (Å²) in [5.41, 5.74) is 1.95. The van der Waals surface area contributed by atoms with Crippen LogP contribution in [-0.2, 0) is 0 Å². The van der Waals surface area contributed by atoms with E-state index in [0.717, 1.165) is 12.2 Å². The second kappa shape index (κ2) is 5.16. The fourth-order valence-corrected chi connectivity index (χ4v) is 1.49. The SMILES string of the molecule is CCNc1ccccc1C(=O)Nc1cnoc1. The molecule has 0 atom stereocenters. The Hall–Kier alpha value is -2.30. The maximum absolute atomic E-state index is 12.0. The predicted molar refractivity (Wildman–Crippen MR) is 65.1 cm³/mol. The Labute approximate surface area is 98.8 Å². The van der Waals surface area contributed by atoms with Crippen LogP contribution in [-0.4, -0.2) is 17.6 Å². The van der Waals surface area contributed by atoms with Gasteiger partial charge in [0.2, 0.25) is 0 Å². The van der Waals surface area contributed by atoms with Crippen molar-refractivity contribution in [3.63, 3.8) is 0 Å². The van der Waals surface area contributed by atoms with Crippen LogP contribution in [0.3, 0.4) is 0 Å². The van der Waals surface area contributed by atoms with Crippen molar-refractivity contribution < 1.29 is 9.32 Å². The van der Waals surface area contributed by atoms with Crippen LogP contribution in [0, 0.1) is 0 Å². The standard InChI is InChI=1S/C12H13N3O2/c1-2-13-11-6-4-3-5-10(11)12(16)15-9-7-14-17-8-9/h3-8,13H,2H2,1H3,(H,15,16). The average Bonchev–Trinajstić information content (AvgIpc) is 2.83. The molecule has 0 saturated carbocycles. The summed E-state index contributed by atoms with van der Waals surface area (Å²) >= 11 is 0. The molecule has 2 aromatic rings. The Morgan fingerprint density at radius 1 is 1.41 bits per heavy atom. The number of anilines is 2. The molecule has 0 fully saturated rings. The average molecular weight is 231 g/mol. The number of carbonyl (C=O) groups excluding carboxylic acids is 1. The van der Waals surface area contributed by atoms with Gasteiger partial charge in [-0.3, -0.25) is 4.79 Å². The number of nitrogens with one attached hydrogen (secondary N) is 2. The van der Waals surface area contributed by atoms with Gasteiger partial charge in [-0.2, -0.15) is 0 Å². The second-order valence-electron chi connectivity index (χ2n) is 3.44. The summed E-state index contributed by atoms with van der Waals surface area (Å²) in [5, 5.41) is 9.36. The number of hydrogen-bond acceptors (Lipinski definition) is 4. The number of rotatable bonds is 4. The van der Waals surface area contributed by atoms with E-state index >= 15 is 0 Å². The number of hydrogen-bond donors (Lipinski definition) is 2. The number of para-hydroxylation sites is 1. The molecule has 0 aliphatic rings. The first-order valence-electron chi connectivity index (χ1n) is 5.35. The van der Waals surface area contributed by atoms with Crippen LogP contribution in [0.2, 0.25) is 0 Å². The number of carbonyl (C=O) groups is 1. The second-order valence-corrected chi connectivity index (χ2v) is 3.44. The molecule has 1 aromatic carbocycles. The van der Waals surface area contributed by atoms with Crippen LogP contribution >= 0.6 is 0 Å². The first kappa shape index (κ1) is 11.2. The monoisotopic (exact) mass is 231 g/mol. The van der Waals surface area contributed by atoms with E-state index in [0.29, 0.717) is 11.3 Å². The Morgan fingerprint density at radius 2 is 2.24 bits per heavy atom. The van der Waals surface area contributed by atoms with Crippen molar-refractivity contribution in [2.24, 2.45) is 0 Å². The van der Waals surface area contributed by atoms with E-state index in [2.05, 4.69) is 20.3 Å². The van der Waals surface area contributed by atoms with Gasteiger partial charge in [-0.05, 0) is 19.1 Å². The van der Waals surface area contributed by atoms with Crippen molar-refractivity contribution in [3.05, 3.63) is 42.3 Å². The minimum Gasteiger partial charge on any atom is -0.385 e. The minimum atomic E-state index is -0.190. The maximum atomic E-state index is 12.0. The zero-order valence-electron chi connectivity index (χ0n) is 9.43. The zero-order valence-corrected chi connectivity index (χ0v) is 9.43. The molecule has 0 bridgehead atoms. The molecule has 0 unspecified atom stereocenters. The summed E-state index contributed by atoms with van der Waals surface area (Å²) in [4.78, 5) is 12.0. The van der Waals surface area contributed by atoms with E-state index in [9.17, 15) is 4.79 Å². The van der Waals surface area contributed by atoms with Crippen LogP contribution in [0.5, 0.6) is 0 Å². The van der Waals surface area contributed by atoms with Crippen molar-refractivity contribution in [2.45, 2.75) is 6.92 Å². The zero-order chi connectivity index (χ0) is 12.1. The van der Waals surface area contributed by atoms with Crippen molar-refractivity contribution in [2.75, 3.05) is 17.2 Å². The first-order chi connectivity index (χ1) is 8.31. The lowest BCUT2D eigenvalue weighted by molar-refractivity contribution is 0.102. The van der Waals surface area contributed by atoms with Crippen LogP contribution in [0.25, 0.3) is 0 Å². The molecule has 2 rings (SSSR count). The summed E-state index contributed by atoms with van der Waals surface area (Å²) in [5.74, 6) is -0.190. The molecule has 1 heterocycles. The third-order valence-electron chi connectivity index (χ3n) is 2.23. The van der Waals surface area contributed by atoms with Gasteiger partial charge in [-0.15, -0.1) is 0 Å². The Bertz CT molecular complexity index is 494. The van der Waals surface area contributed by atoms with Gasteiger partial charge in [-0.1, -0.05) is 17.3 Å².